The zero-order chi connectivity index (χ0) is 20.5. The molecule has 0 spiro atoms. The summed E-state index contributed by atoms with van der Waals surface area (Å²) in [5.41, 5.74) is 0.183. The molecule has 0 heterocycles. The number of hydrogen-bond acceptors (Lipinski definition) is 0. The lowest BCUT2D eigenvalue weighted by Crippen LogP contribution is -2.35. The maximum atomic E-state index is 2.63. The van der Waals surface area contributed by atoms with Crippen molar-refractivity contribution in [3.63, 3.8) is 0 Å². The van der Waals surface area contributed by atoms with Crippen LogP contribution in [0.25, 0.3) is 0 Å². The van der Waals surface area contributed by atoms with E-state index in [1.807, 2.05) is 0 Å². The van der Waals surface area contributed by atoms with Gasteiger partial charge in [0, 0.05) is 10.8 Å². The van der Waals surface area contributed by atoms with Gasteiger partial charge in [-0.2, -0.15) is 0 Å². The molecule has 152 valence electrons. The van der Waals surface area contributed by atoms with E-state index in [4.69, 9.17) is 0 Å². The van der Waals surface area contributed by atoms with E-state index in [2.05, 4.69) is 107 Å². The van der Waals surface area contributed by atoms with Crippen molar-refractivity contribution in [3.8, 4) is 0 Å². The lowest BCUT2D eigenvalue weighted by molar-refractivity contribution is 0.524. The molecule has 2 aliphatic rings. The molecule has 0 bridgehead atoms. The zero-order valence-corrected chi connectivity index (χ0v) is 19.5. The van der Waals surface area contributed by atoms with Gasteiger partial charge in [0.25, 0.3) is 0 Å². The summed E-state index contributed by atoms with van der Waals surface area (Å²) in [6.45, 7) is 9.58. The highest BCUT2D eigenvalue weighted by Crippen LogP contribution is 2.71. The second-order valence-corrected chi connectivity index (χ2v) is 13.7. The number of rotatable bonds is 5. The lowest BCUT2D eigenvalue weighted by atomic mass is 9.79. The maximum Gasteiger partial charge on any atom is 0.108 e. The van der Waals surface area contributed by atoms with Crippen molar-refractivity contribution in [2.45, 2.75) is 53.4 Å². The minimum absolute atomic E-state index is 0.0770. The largest absolute Gasteiger partial charge is 0.108 e. The van der Waals surface area contributed by atoms with E-state index in [9.17, 15) is 0 Å². The van der Waals surface area contributed by atoms with E-state index in [0.29, 0.717) is 0 Å². The van der Waals surface area contributed by atoms with E-state index in [1.54, 1.807) is 15.9 Å². The summed E-state index contributed by atoms with van der Waals surface area (Å²) < 4.78 is 0. The molecule has 0 N–H and O–H groups in total. The van der Waals surface area contributed by atoms with Gasteiger partial charge in [-0.3, -0.25) is 0 Å². The number of benzene rings is 2. The van der Waals surface area contributed by atoms with Crippen molar-refractivity contribution in [2.24, 2.45) is 16.7 Å². The van der Waals surface area contributed by atoms with Gasteiger partial charge in [-0.15, -0.1) is 0 Å². The van der Waals surface area contributed by atoms with Crippen molar-refractivity contribution in [1.82, 2.24) is 0 Å². The molecule has 1 heteroatoms. The Morgan fingerprint density at radius 2 is 1.28 bits per heavy atom. The van der Waals surface area contributed by atoms with Crippen LogP contribution in [0.1, 0.15) is 53.4 Å². The van der Waals surface area contributed by atoms with E-state index >= 15 is 0 Å². The number of allylic oxidation sites excluding steroid dienone is 4. The van der Waals surface area contributed by atoms with Gasteiger partial charge in [-0.05, 0) is 62.9 Å². The van der Waals surface area contributed by atoms with Crippen molar-refractivity contribution < 1.29 is 0 Å². The van der Waals surface area contributed by atoms with E-state index in [0.717, 1.165) is 5.92 Å². The molecule has 0 aliphatic heterocycles. The fourth-order valence-corrected chi connectivity index (χ4v) is 11.0. The van der Waals surface area contributed by atoms with Crippen LogP contribution in [0.2, 0.25) is 0 Å². The van der Waals surface area contributed by atoms with Crippen LogP contribution in [0.3, 0.4) is 0 Å². The molecule has 2 aliphatic carbocycles. The fourth-order valence-electron chi connectivity index (χ4n) is 5.38. The summed E-state index contributed by atoms with van der Waals surface area (Å²) in [5.74, 6) is 0.842. The van der Waals surface area contributed by atoms with Gasteiger partial charge in [0.1, 0.15) is 17.9 Å². The van der Waals surface area contributed by atoms with Crippen LogP contribution in [-0.2, 0) is 0 Å². The molecule has 1 fully saturated rings. The first-order valence-electron chi connectivity index (χ1n) is 11.3. The molecule has 0 aromatic heterocycles. The molecule has 1 saturated carbocycles. The smallest absolute Gasteiger partial charge is 0.0780 e. The van der Waals surface area contributed by atoms with Gasteiger partial charge in [-0.25, -0.2) is 0 Å². The predicted octanol–water partition coefficient (Wildman–Crippen LogP) is 7.35. The van der Waals surface area contributed by atoms with Crippen molar-refractivity contribution >= 4 is 17.9 Å². The number of hydrogen-bond donors (Lipinski definition) is 0. The van der Waals surface area contributed by atoms with Crippen molar-refractivity contribution in [2.75, 3.05) is 6.16 Å². The Hall–Kier alpha value is -1.65. The standard InChI is InChI=1S/C28H36P/c1-27(2)19-20-28(3,4)26(21-27)29(22-23-13-11-12-14-23,24-15-7-5-8-16-24)25-17-9-6-10-18-25/h5-10,15-21,23H,11-14,22H2,1-4H3/q+1. The van der Waals surface area contributed by atoms with Crippen LogP contribution >= 0.6 is 7.26 Å². The fraction of sp³-hybridized carbons (Fsp3) is 0.429. The average molecular weight is 404 g/mol. The monoisotopic (exact) mass is 403 g/mol. The van der Waals surface area contributed by atoms with Gasteiger partial charge >= 0.3 is 0 Å². The third-order valence-electron chi connectivity index (χ3n) is 6.91. The first-order chi connectivity index (χ1) is 13.8. The van der Waals surface area contributed by atoms with E-state index in [1.165, 1.54) is 31.8 Å². The second-order valence-electron chi connectivity index (χ2n) is 10.2. The highest BCUT2D eigenvalue weighted by atomic mass is 31.2. The molecule has 29 heavy (non-hydrogen) atoms. The van der Waals surface area contributed by atoms with Crippen LogP contribution in [0.15, 0.2) is 84.2 Å². The molecule has 2 aromatic rings. The van der Waals surface area contributed by atoms with Crippen molar-refractivity contribution in [1.29, 1.82) is 0 Å². The third kappa shape index (κ3) is 4.02. The molecular weight excluding hydrogens is 367 g/mol. The van der Waals surface area contributed by atoms with E-state index < -0.39 is 7.26 Å². The summed E-state index contributed by atoms with van der Waals surface area (Å²) in [5, 5.41) is 4.80. The summed E-state index contributed by atoms with van der Waals surface area (Å²) in [6, 6.07) is 23.0. The van der Waals surface area contributed by atoms with Crippen LogP contribution in [0.5, 0.6) is 0 Å². The third-order valence-corrected chi connectivity index (χ3v) is 11.9. The van der Waals surface area contributed by atoms with Crippen LogP contribution in [0.4, 0.5) is 0 Å². The van der Waals surface area contributed by atoms with Crippen LogP contribution in [0, 0.1) is 16.7 Å². The molecule has 4 rings (SSSR count). The van der Waals surface area contributed by atoms with Crippen LogP contribution in [-0.4, -0.2) is 6.16 Å². The first kappa shape index (κ1) is 20.6. The Morgan fingerprint density at radius 1 is 0.759 bits per heavy atom. The Balaban J connectivity index is 2.00. The first-order valence-corrected chi connectivity index (χ1v) is 13.2. The van der Waals surface area contributed by atoms with Crippen molar-refractivity contribution in [3.05, 3.63) is 84.2 Å². The Kier molecular flexibility index (Phi) is 5.60. The average Bonchev–Trinajstić information content (AvgIpc) is 3.23. The highest BCUT2D eigenvalue weighted by molar-refractivity contribution is 7.93. The normalized spacial score (nSPS) is 21.2. The molecule has 0 atom stereocenters. The van der Waals surface area contributed by atoms with Crippen LogP contribution < -0.4 is 10.6 Å². The van der Waals surface area contributed by atoms with Gasteiger partial charge in [-0.1, -0.05) is 75.2 Å². The SMILES string of the molecule is CC1(C)C=CC(C)(C)C([P+](CC2CCCC2)(c2ccccc2)c2ccccc2)=C1. The molecule has 0 nitrogen and oxygen atoms in total. The summed E-state index contributed by atoms with van der Waals surface area (Å²) in [6.07, 6.45) is 14.5. The minimum atomic E-state index is -1.72. The molecule has 2 aromatic carbocycles. The molecule has 0 radical (unpaired) electrons. The summed E-state index contributed by atoms with van der Waals surface area (Å²) in [4.78, 5) is 0. The van der Waals surface area contributed by atoms with Gasteiger partial charge < -0.3 is 0 Å². The maximum absolute atomic E-state index is 2.63. The molecular formula is C28H36P+. The van der Waals surface area contributed by atoms with Gasteiger partial charge in [0.15, 0.2) is 0 Å². The summed E-state index contributed by atoms with van der Waals surface area (Å²) in [7, 11) is -1.72. The predicted molar refractivity (Wildman–Crippen MR) is 131 cm³/mol. The highest BCUT2D eigenvalue weighted by Gasteiger charge is 2.54. The molecule has 0 amide bonds. The lowest BCUT2D eigenvalue weighted by Gasteiger charge is -2.41. The topological polar surface area (TPSA) is 0 Å². The quantitative estimate of drug-likeness (QED) is 0.361. The Morgan fingerprint density at radius 3 is 1.79 bits per heavy atom. The Bertz CT molecular complexity index is 841. The van der Waals surface area contributed by atoms with Gasteiger partial charge in [0.05, 0.1) is 11.5 Å². The minimum Gasteiger partial charge on any atom is -0.0780 e. The zero-order valence-electron chi connectivity index (χ0n) is 18.6. The summed E-state index contributed by atoms with van der Waals surface area (Å²) >= 11 is 0. The molecule has 0 saturated heterocycles. The second kappa shape index (κ2) is 7.88. The Labute approximate surface area is 178 Å². The van der Waals surface area contributed by atoms with Gasteiger partial charge in [0.2, 0.25) is 0 Å². The van der Waals surface area contributed by atoms with E-state index in [-0.39, 0.29) is 10.8 Å². The molecule has 0 unspecified atom stereocenters.